The van der Waals surface area contributed by atoms with E-state index in [9.17, 15) is 9.59 Å². The Bertz CT molecular complexity index is 931. The van der Waals surface area contributed by atoms with E-state index in [1.807, 2.05) is 38.1 Å². The van der Waals surface area contributed by atoms with Gasteiger partial charge in [0.05, 0.1) is 21.2 Å². The molecular formula is C17H18N4O2S2. The van der Waals surface area contributed by atoms with Crippen LogP contribution in [0.1, 0.15) is 32.4 Å². The summed E-state index contributed by atoms with van der Waals surface area (Å²) in [7, 11) is 0. The number of para-hydroxylation sites is 1. The van der Waals surface area contributed by atoms with Crippen LogP contribution in [0.4, 0.5) is 5.13 Å². The molecule has 0 aliphatic carbocycles. The van der Waals surface area contributed by atoms with Gasteiger partial charge in [0.1, 0.15) is 0 Å². The smallest absolute Gasteiger partial charge is 0.251 e. The minimum Gasteiger partial charge on any atom is -0.301 e. The fraction of sp³-hybridized carbons (Fsp3) is 0.294. The Morgan fingerprint density at radius 2 is 2.00 bits per heavy atom. The lowest BCUT2D eigenvalue weighted by atomic mass is 10.1. The van der Waals surface area contributed by atoms with Crippen LogP contribution in [-0.2, 0) is 4.79 Å². The molecule has 0 saturated heterocycles. The number of carbonyl (C=O) groups excluding carboxylic acids is 1. The van der Waals surface area contributed by atoms with E-state index in [1.165, 1.54) is 29.2 Å². The molecule has 1 aromatic carbocycles. The van der Waals surface area contributed by atoms with Crippen LogP contribution >= 0.6 is 23.1 Å². The minimum absolute atomic E-state index is 0.147. The summed E-state index contributed by atoms with van der Waals surface area (Å²) in [5.74, 6) is -0.0322. The fourth-order valence-corrected chi connectivity index (χ4v) is 3.85. The number of hydrogen-bond acceptors (Lipinski definition) is 6. The molecule has 0 spiro atoms. The average Bonchev–Trinajstić information content (AvgIpc) is 2.96. The maximum atomic E-state index is 12.4. The van der Waals surface area contributed by atoms with Crippen molar-refractivity contribution in [1.29, 1.82) is 0 Å². The molecule has 2 N–H and O–H groups in total. The number of aromatic nitrogens is 3. The first-order chi connectivity index (χ1) is 11.9. The number of amides is 1. The third-order valence-corrected chi connectivity index (χ3v) is 5.45. The van der Waals surface area contributed by atoms with Crippen molar-refractivity contribution in [2.75, 3.05) is 5.32 Å². The van der Waals surface area contributed by atoms with Crippen molar-refractivity contribution in [2.24, 2.45) is 0 Å². The highest BCUT2D eigenvalue weighted by Crippen LogP contribution is 2.27. The van der Waals surface area contributed by atoms with Gasteiger partial charge in [0.2, 0.25) is 5.91 Å². The highest BCUT2D eigenvalue weighted by atomic mass is 32.2. The van der Waals surface area contributed by atoms with Gasteiger partial charge in [0.25, 0.3) is 5.56 Å². The van der Waals surface area contributed by atoms with E-state index in [4.69, 9.17) is 0 Å². The molecule has 6 nitrogen and oxygen atoms in total. The molecule has 2 aromatic heterocycles. The van der Waals surface area contributed by atoms with Gasteiger partial charge >= 0.3 is 0 Å². The molecule has 3 rings (SSSR count). The topological polar surface area (TPSA) is 87.7 Å². The van der Waals surface area contributed by atoms with Crippen LogP contribution < -0.4 is 10.9 Å². The maximum absolute atomic E-state index is 12.4. The van der Waals surface area contributed by atoms with E-state index >= 15 is 0 Å². The molecule has 2 heterocycles. The monoisotopic (exact) mass is 374 g/mol. The molecular weight excluding hydrogens is 356 g/mol. The highest BCUT2D eigenvalue weighted by Gasteiger charge is 2.18. The van der Waals surface area contributed by atoms with Crippen LogP contribution in [-0.4, -0.2) is 26.1 Å². The van der Waals surface area contributed by atoms with Crippen molar-refractivity contribution >= 4 is 44.4 Å². The van der Waals surface area contributed by atoms with Crippen LogP contribution in [0.2, 0.25) is 0 Å². The number of H-pyrrole nitrogens is 1. The number of anilines is 1. The second kappa shape index (κ2) is 7.37. The van der Waals surface area contributed by atoms with Gasteiger partial charge in [-0.05, 0) is 25.0 Å². The van der Waals surface area contributed by atoms with Crippen LogP contribution in [0, 0.1) is 0 Å². The Labute approximate surface area is 153 Å². The fourth-order valence-electron chi connectivity index (χ4n) is 2.16. The first-order valence-corrected chi connectivity index (χ1v) is 9.56. The molecule has 0 radical (unpaired) electrons. The quantitative estimate of drug-likeness (QED) is 0.526. The van der Waals surface area contributed by atoms with Gasteiger partial charge < -0.3 is 10.3 Å². The molecule has 8 heteroatoms. The molecule has 0 fully saturated rings. The molecule has 1 amide bonds. The van der Waals surface area contributed by atoms with Gasteiger partial charge in [0.15, 0.2) is 10.3 Å². The Kier molecular flexibility index (Phi) is 5.19. The number of nitrogens with one attached hydrogen (secondary N) is 2. The van der Waals surface area contributed by atoms with Gasteiger partial charge in [-0.2, -0.15) is 0 Å². The molecule has 0 bridgehead atoms. The summed E-state index contributed by atoms with van der Waals surface area (Å²) in [6.07, 6.45) is 0. The predicted molar refractivity (Wildman–Crippen MR) is 103 cm³/mol. The van der Waals surface area contributed by atoms with Crippen molar-refractivity contribution in [3.63, 3.8) is 0 Å². The molecule has 0 aliphatic heterocycles. The standard InChI is InChI=1S/C17H18N4O2S2/c1-9(2)12-8-14(22)20-16(19-12)24-10(3)15(23)21-17-18-11-6-4-5-7-13(11)25-17/h4-10H,1-3H3,(H,18,21,23)(H,19,20,22). The van der Waals surface area contributed by atoms with E-state index in [0.717, 1.165) is 10.2 Å². The summed E-state index contributed by atoms with van der Waals surface area (Å²) in [6.45, 7) is 5.72. The van der Waals surface area contributed by atoms with Crippen molar-refractivity contribution in [1.82, 2.24) is 15.0 Å². The van der Waals surface area contributed by atoms with Crippen molar-refractivity contribution in [2.45, 2.75) is 37.1 Å². The minimum atomic E-state index is -0.419. The van der Waals surface area contributed by atoms with Gasteiger partial charge in [-0.1, -0.05) is 49.1 Å². The lowest BCUT2D eigenvalue weighted by molar-refractivity contribution is -0.115. The SMILES string of the molecule is CC(Sc1nc(C(C)C)cc(=O)[nH]1)C(=O)Nc1nc2ccccc2s1. The molecule has 1 unspecified atom stereocenters. The molecule has 130 valence electrons. The van der Waals surface area contributed by atoms with E-state index in [0.29, 0.717) is 16.0 Å². The van der Waals surface area contributed by atoms with Crippen molar-refractivity contribution in [3.8, 4) is 0 Å². The molecule has 0 saturated carbocycles. The molecule has 25 heavy (non-hydrogen) atoms. The van der Waals surface area contributed by atoms with Gasteiger partial charge in [0, 0.05) is 6.07 Å². The number of nitrogens with zero attached hydrogens (tertiary/aromatic N) is 2. The summed E-state index contributed by atoms with van der Waals surface area (Å²) in [5, 5.41) is 3.43. The lowest BCUT2D eigenvalue weighted by Crippen LogP contribution is -2.23. The number of hydrogen-bond donors (Lipinski definition) is 2. The van der Waals surface area contributed by atoms with Crippen LogP contribution in [0.25, 0.3) is 10.2 Å². The first-order valence-electron chi connectivity index (χ1n) is 7.86. The zero-order valence-corrected chi connectivity index (χ0v) is 15.7. The van der Waals surface area contributed by atoms with E-state index in [1.54, 1.807) is 6.92 Å². The summed E-state index contributed by atoms with van der Waals surface area (Å²) in [5.41, 5.74) is 1.36. The zero-order chi connectivity index (χ0) is 18.0. The molecule has 0 aliphatic rings. The number of thiazole rings is 1. The van der Waals surface area contributed by atoms with Gasteiger partial charge in [-0.3, -0.25) is 9.59 Å². The van der Waals surface area contributed by atoms with Crippen LogP contribution in [0.15, 0.2) is 40.3 Å². The van der Waals surface area contributed by atoms with Crippen LogP contribution in [0.5, 0.6) is 0 Å². The van der Waals surface area contributed by atoms with E-state index < -0.39 is 5.25 Å². The van der Waals surface area contributed by atoms with E-state index in [-0.39, 0.29) is 17.4 Å². The number of fused-ring (bicyclic) bond motifs is 1. The van der Waals surface area contributed by atoms with Crippen LogP contribution in [0.3, 0.4) is 0 Å². The maximum Gasteiger partial charge on any atom is 0.251 e. The van der Waals surface area contributed by atoms with E-state index in [2.05, 4.69) is 20.3 Å². The van der Waals surface area contributed by atoms with Crippen molar-refractivity contribution in [3.05, 3.63) is 46.4 Å². The zero-order valence-electron chi connectivity index (χ0n) is 14.1. The largest absolute Gasteiger partial charge is 0.301 e. The number of thioether (sulfide) groups is 1. The van der Waals surface area contributed by atoms with Crippen molar-refractivity contribution < 1.29 is 4.79 Å². The van der Waals surface area contributed by atoms with Gasteiger partial charge in [-0.25, -0.2) is 9.97 Å². The summed E-state index contributed by atoms with van der Waals surface area (Å²) < 4.78 is 1.02. The summed E-state index contributed by atoms with van der Waals surface area (Å²) in [6, 6.07) is 9.21. The average molecular weight is 374 g/mol. The Balaban J connectivity index is 1.71. The Morgan fingerprint density at radius 3 is 2.72 bits per heavy atom. The Hall–Kier alpha value is -2.19. The number of rotatable bonds is 5. The number of aromatic amines is 1. The number of carbonyl (C=O) groups is 1. The summed E-state index contributed by atoms with van der Waals surface area (Å²) >= 11 is 2.65. The lowest BCUT2D eigenvalue weighted by Gasteiger charge is -2.11. The molecule has 1 atom stereocenters. The second-order valence-electron chi connectivity index (χ2n) is 5.87. The van der Waals surface area contributed by atoms with Gasteiger partial charge in [-0.15, -0.1) is 0 Å². The predicted octanol–water partition coefficient (Wildman–Crippen LogP) is 3.62. The molecule has 3 aromatic rings. The third kappa shape index (κ3) is 4.26. The summed E-state index contributed by atoms with van der Waals surface area (Å²) in [4.78, 5) is 35.6. The third-order valence-electron chi connectivity index (χ3n) is 3.51. The second-order valence-corrected chi connectivity index (χ2v) is 8.23. The normalized spacial score (nSPS) is 12.5. The Morgan fingerprint density at radius 1 is 1.24 bits per heavy atom. The highest BCUT2D eigenvalue weighted by molar-refractivity contribution is 8.00. The first kappa shape index (κ1) is 17.6. The number of benzene rings is 1.